The van der Waals surface area contributed by atoms with Crippen LogP contribution in [0.5, 0.6) is 0 Å². The number of nitrogens with zero attached hydrogens (tertiary/aromatic N) is 1. The number of rotatable bonds is 8. The maximum Gasteiger partial charge on any atom is 0.315 e. The highest BCUT2D eigenvalue weighted by Crippen LogP contribution is 2.12. The quantitative estimate of drug-likeness (QED) is 0.686. The van der Waals surface area contributed by atoms with E-state index in [4.69, 9.17) is 0 Å². The van der Waals surface area contributed by atoms with E-state index in [0.29, 0.717) is 25.1 Å². The Bertz CT molecular complexity index is 507. The summed E-state index contributed by atoms with van der Waals surface area (Å²) in [4.78, 5) is 13.6. The van der Waals surface area contributed by atoms with E-state index in [1.807, 2.05) is 32.0 Å². The SMILES string of the molecule is CC(O)CC(C)CNC(=O)NCc1ccc(CN(C)C)c(F)c1. The zero-order valence-electron chi connectivity index (χ0n) is 14.4. The molecule has 0 saturated carbocycles. The first-order chi connectivity index (χ1) is 10.8. The zero-order valence-corrected chi connectivity index (χ0v) is 14.4. The number of amides is 2. The summed E-state index contributed by atoms with van der Waals surface area (Å²) < 4.78 is 13.9. The average Bonchev–Trinajstić information content (AvgIpc) is 2.44. The molecule has 0 aliphatic rings. The highest BCUT2D eigenvalue weighted by Gasteiger charge is 2.09. The lowest BCUT2D eigenvalue weighted by molar-refractivity contribution is 0.163. The summed E-state index contributed by atoms with van der Waals surface area (Å²) in [7, 11) is 3.77. The molecule has 1 aromatic carbocycles. The Balaban J connectivity index is 2.40. The van der Waals surface area contributed by atoms with E-state index >= 15 is 0 Å². The van der Waals surface area contributed by atoms with Crippen molar-refractivity contribution in [1.82, 2.24) is 15.5 Å². The molecule has 130 valence electrons. The molecule has 0 bridgehead atoms. The molecule has 23 heavy (non-hydrogen) atoms. The third kappa shape index (κ3) is 7.95. The van der Waals surface area contributed by atoms with Crippen molar-refractivity contribution in [3.05, 3.63) is 35.1 Å². The Labute approximate surface area is 137 Å². The third-order valence-electron chi connectivity index (χ3n) is 3.41. The number of nitrogens with one attached hydrogen (secondary N) is 2. The van der Waals surface area contributed by atoms with Crippen LogP contribution in [0.3, 0.4) is 0 Å². The van der Waals surface area contributed by atoms with Gasteiger partial charge in [-0.25, -0.2) is 9.18 Å². The molecule has 1 rings (SSSR count). The van der Waals surface area contributed by atoms with Gasteiger partial charge in [0.1, 0.15) is 5.82 Å². The number of carbonyl (C=O) groups is 1. The van der Waals surface area contributed by atoms with Gasteiger partial charge in [-0.3, -0.25) is 0 Å². The van der Waals surface area contributed by atoms with E-state index in [1.165, 1.54) is 6.07 Å². The van der Waals surface area contributed by atoms with Gasteiger partial charge in [-0.15, -0.1) is 0 Å². The minimum Gasteiger partial charge on any atom is -0.393 e. The second kappa shape index (κ2) is 9.47. The van der Waals surface area contributed by atoms with Crippen molar-refractivity contribution in [2.45, 2.75) is 39.5 Å². The highest BCUT2D eigenvalue weighted by molar-refractivity contribution is 5.73. The van der Waals surface area contributed by atoms with E-state index in [0.717, 1.165) is 5.56 Å². The molecule has 0 radical (unpaired) electrons. The van der Waals surface area contributed by atoms with Crippen LogP contribution in [0.1, 0.15) is 31.4 Å². The highest BCUT2D eigenvalue weighted by atomic mass is 19.1. The predicted octanol–water partition coefficient (Wildman–Crippen LogP) is 2.09. The standard InChI is InChI=1S/C17H28FN3O2/c1-12(7-13(2)22)9-19-17(23)20-10-14-5-6-15(11-21(3)4)16(18)8-14/h5-6,8,12-13,22H,7,9-11H2,1-4H3,(H2,19,20,23). The Kier molecular flexibility index (Phi) is 7.98. The first-order valence-electron chi connectivity index (χ1n) is 7.89. The van der Waals surface area contributed by atoms with Crippen molar-refractivity contribution < 1.29 is 14.3 Å². The van der Waals surface area contributed by atoms with Crippen LogP contribution >= 0.6 is 0 Å². The van der Waals surface area contributed by atoms with Crippen molar-refractivity contribution in [3.8, 4) is 0 Å². The number of urea groups is 1. The summed E-state index contributed by atoms with van der Waals surface area (Å²) in [5, 5.41) is 14.7. The molecule has 0 heterocycles. The summed E-state index contributed by atoms with van der Waals surface area (Å²) >= 11 is 0. The molecule has 2 atom stereocenters. The Morgan fingerprint density at radius 1 is 1.30 bits per heavy atom. The van der Waals surface area contributed by atoms with Gasteiger partial charge in [0.15, 0.2) is 0 Å². The molecular formula is C17H28FN3O2. The fourth-order valence-electron chi connectivity index (χ4n) is 2.35. The average molecular weight is 325 g/mol. The summed E-state index contributed by atoms with van der Waals surface area (Å²) in [6.45, 7) is 5.00. The maximum absolute atomic E-state index is 13.9. The molecule has 0 aliphatic carbocycles. The number of aliphatic hydroxyl groups is 1. The number of hydrogen-bond acceptors (Lipinski definition) is 3. The topological polar surface area (TPSA) is 64.6 Å². The van der Waals surface area contributed by atoms with Gasteiger partial charge >= 0.3 is 6.03 Å². The maximum atomic E-state index is 13.9. The summed E-state index contributed by atoms with van der Waals surface area (Å²) in [6.07, 6.45) is 0.261. The van der Waals surface area contributed by atoms with Crippen LogP contribution in [0.4, 0.5) is 9.18 Å². The van der Waals surface area contributed by atoms with Gasteiger partial charge in [0.2, 0.25) is 0 Å². The minimum absolute atomic E-state index is 0.198. The molecule has 0 fully saturated rings. The molecule has 5 nitrogen and oxygen atoms in total. The second-order valence-electron chi connectivity index (χ2n) is 6.42. The van der Waals surface area contributed by atoms with Crippen molar-refractivity contribution in [3.63, 3.8) is 0 Å². The Hall–Kier alpha value is -1.66. The van der Waals surface area contributed by atoms with Gasteiger partial charge < -0.3 is 20.6 Å². The van der Waals surface area contributed by atoms with Crippen LogP contribution in [0, 0.1) is 11.7 Å². The van der Waals surface area contributed by atoms with Gasteiger partial charge in [0, 0.05) is 25.2 Å². The predicted molar refractivity (Wildman–Crippen MR) is 89.5 cm³/mol. The second-order valence-corrected chi connectivity index (χ2v) is 6.42. The number of benzene rings is 1. The van der Waals surface area contributed by atoms with Crippen molar-refractivity contribution >= 4 is 6.03 Å². The van der Waals surface area contributed by atoms with Crippen LogP contribution in [0.25, 0.3) is 0 Å². The first-order valence-corrected chi connectivity index (χ1v) is 7.89. The molecule has 3 N–H and O–H groups in total. The van der Waals surface area contributed by atoms with Crippen LogP contribution in [-0.4, -0.2) is 42.8 Å². The zero-order chi connectivity index (χ0) is 17.4. The van der Waals surface area contributed by atoms with Gasteiger partial charge in [-0.05, 0) is 45.0 Å². The number of aliphatic hydroxyl groups excluding tert-OH is 1. The van der Waals surface area contributed by atoms with Gasteiger partial charge in [-0.1, -0.05) is 19.1 Å². The smallest absolute Gasteiger partial charge is 0.315 e. The molecule has 0 saturated heterocycles. The van der Waals surface area contributed by atoms with Crippen LogP contribution < -0.4 is 10.6 Å². The van der Waals surface area contributed by atoms with Crippen LogP contribution in [-0.2, 0) is 13.1 Å². The molecular weight excluding hydrogens is 297 g/mol. The number of carbonyl (C=O) groups excluding carboxylic acids is 1. The monoisotopic (exact) mass is 325 g/mol. The molecule has 0 spiro atoms. The van der Waals surface area contributed by atoms with Gasteiger partial charge in [-0.2, -0.15) is 0 Å². The Morgan fingerprint density at radius 2 is 2.00 bits per heavy atom. The molecule has 0 aliphatic heterocycles. The van der Waals surface area contributed by atoms with Crippen LogP contribution in [0.15, 0.2) is 18.2 Å². The Morgan fingerprint density at radius 3 is 2.57 bits per heavy atom. The molecule has 2 amide bonds. The van der Waals surface area contributed by atoms with Gasteiger partial charge in [0.05, 0.1) is 6.10 Å². The molecule has 1 aromatic rings. The van der Waals surface area contributed by atoms with E-state index in [-0.39, 0.29) is 30.4 Å². The molecule has 0 aromatic heterocycles. The van der Waals surface area contributed by atoms with E-state index < -0.39 is 0 Å². The fourth-order valence-corrected chi connectivity index (χ4v) is 2.35. The van der Waals surface area contributed by atoms with Gasteiger partial charge in [0.25, 0.3) is 0 Å². The van der Waals surface area contributed by atoms with Crippen molar-refractivity contribution in [2.75, 3.05) is 20.6 Å². The largest absolute Gasteiger partial charge is 0.393 e. The lowest BCUT2D eigenvalue weighted by Gasteiger charge is -2.15. The number of halogens is 1. The fraction of sp³-hybridized carbons (Fsp3) is 0.588. The van der Waals surface area contributed by atoms with Crippen molar-refractivity contribution in [2.24, 2.45) is 5.92 Å². The summed E-state index contributed by atoms with van der Waals surface area (Å²) in [6, 6.07) is 4.72. The first kappa shape index (κ1) is 19.4. The lowest BCUT2D eigenvalue weighted by Crippen LogP contribution is -2.37. The lowest BCUT2D eigenvalue weighted by atomic mass is 10.1. The summed E-state index contributed by atoms with van der Waals surface area (Å²) in [5.74, 6) is -0.0625. The summed E-state index contributed by atoms with van der Waals surface area (Å²) in [5.41, 5.74) is 1.35. The van der Waals surface area contributed by atoms with E-state index in [9.17, 15) is 14.3 Å². The van der Waals surface area contributed by atoms with E-state index in [2.05, 4.69) is 10.6 Å². The van der Waals surface area contributed by atoms with E-state index in [1.54, 1.807) is 13.0 Å². The van der Waals surface area contributed by atoms with Crippen LogP contribution in [0.2, 0.25) is 0 Å². The normalized spacial score (nSPS) is 13.7. The molecule has 2 unspecified atom stereocenters. The number of hydrogen-bond donors (Lipinski definition) is 3. The van der Waals surface area contributed by atoms with Crippen molar-refractivity contribution in [1.29, 1.82) is 0 Å². The minimum atomic E-state index is -0.376. The third-order valence-corrected chi connectivity index (χ3v) is 3.41. The molecule has 6 heteroatoms.